The summed E-state index contributed by atoms with van der Waals surface area (Å²) in [6.07, 6.45) is 10.6. The second kappa shape index (κ2) is 9.07. The van der Waals surface area contributed by atoms with Gasteiger partial charge in [0.1, 0.15) is 0 Å². The molecule has 0 amide bonds. The molecule has 1 aromatic heterocycles. The van der Waals surface area contributed by atoms with E-state index in [1.54, 1.807) is 12.4 Å². The predicted molar refractivity (Wildman–Crippen MR) is 81.0 cm³/mol. The average Bonchev–Trinajstić information content (AvgIpc) is 2.78. The van der Waals surface area contributed by atoms with Gasteiger partial charge in [0, 0.05) is 6.20 Å². The molecule has 1 heterocycles. The number of phosphoric ester groups is 1. The van der Waals surface area contributed by atoms with Gasteiger partial charge < -0.3 is 9.79 Å². The van der Waals surface area contributed by atoms with E-state index in [1.807, 2.05) is 0 Å². The number of halogens is 1. The number of alkyl halides is 1. The quantitative estimate of drug-likeness (QED) is 0.272. The molecule has 0 bridgehead atoms. The topological polar surface area (TPSA) is 84.6 Å². The van der Waals surface area contributed by atoms with Crippen LogP contribution in [0.15, 0.2) is 12.4 Å². The van der Waals surface area contributed by atoms with Crippen molar-refractivity contribution in [1.29, 1.82) is 0 Å². The Morgan fingerprint density at radius 2 is 1.95 bits per heavy atom. The van der Waals surface area contributed by atoms with Crippen LogP contribution < -0.4 is 0 Å². The first-order chi connectivity index (χ1) is 9.01. The molecule has 110 valence electrons. The molecule has 8 heteroatoms. The second-order valence-electron chi connectivity index (χ2n) is 4.34. The van der Waals surface area contributed by atoms with Gasteiger partial charge in [-0.2, -0.15) is 5.10 Å². The minimum absolute atomic E-state index is 0.222. The lowest BCUT2D eigenvalue weighted by atomic mass is 10.1. The Morgan fingerprint density at radius 3 is 2.63 bits per heavy atom. The van der Waals surface area contributed by atoms with Gasteiger partial charge in [-0.15, -0.1) is 0 Å². The maximum Gasteiger partial charge on any atom is 0.471 e. The molecule has 0 aliphatic heterocycles. The minimum atomic E-state index is -4.42. The third kappa shape index (κ3) is 8.75. The summed E-state index contributed by atoms with van der Waals surface area (Å²) in [7, 11) is -4.42. The highest BCUT2D eigenvalue weighted by molar-refractivity contribution is 14.1. The molecule has 0 aliphatic carbocycles. The number of phosphoric acid groups is 1. The zero-order valence-electron chi connectivity index (χ0n) is 10.7. The number of nitrogens with zero attached hydrogens (tertiary/aromatic N) is 2. The molecule has 1 aromatic rings. The molecule has 2 N–H and O–H groups in total. The summed E-state index contributed by atoms with van der Waals surface area (Å²) in [6.45, 7) is -0.222. The third-order valence-electron chi connectivity index (χ3n) is 2.64. The molecule has 6 nitrogen and oxygen atoms in total. The molecule has 0 spiro atoms. The van der Waals surface area contributed by atoms with E-state index < -0.39 is 7.82 Å². The molecule has 0 fully saturated rings. The standard InChI is InChI=1S/C11H20IN2O4P/c12-7-5-3-1-2-4-6-11-8-13-14(9-11)10-18-19(15,16)17/h8-9H,1-7,10H2,(H2,15,16,17). The summed E-state index contributed by atoms with van der Waals surface area (Å²) >= 11 is 2.40. The summed E-state index contributed by atoms with van der Waals surface area (Å²) in [6, 6.07) is 0. The third-order valence-corrected chi connectivity index (χ3v) is 3.86. The largest absolute Gasteiger partial charge is 0.471 e. The second-order valence-corrected chi connectivity index (χ2v) is 6.66. The summed E-state index contributed by atoms with van der Waals surface area (Å²) < 4.78 is 17.5. The van der Waals surface area contributed by atoms with Crippen molar-refractivity contribution in [2.75, 3.05) is 4.43 Å². The van der Waals surface area contributed by atoms with Crippen LogP contribution >= 0.6 is 30.4 Å². The Bertz CT molecular complexity index is 407. The zero-order chi connectivity index (χ0) is 14.1. The van der Waals surface area contributed by atoms with Crippen LogP contribution in [0.4, 0.5) is 0 Å². The van der Waals surface area contributed by atoms with Crippen molar-refractivity contribution in [2.24, 2.45) is 0 Å². The number of aromatic nitrogens is 2. The summed E-state index contributed by atoms with van der Waals surface area (Å²) in [5.41, 5.74) is 1.07. The van der Waals surface area contributed by atoms with Gasteiger partial charge >= 0.3 is 7.82 Å². The predicted octanol–water partition coefficient (Wildman–Crippen LogP) is 2.88. The fourth-order valence-corrected chi connectivity index (χ4v) is 2.50. The van der Waals surface area contributed by atoms with Crippen molar-refractivity contribution in [3.05, 3.63) is 18.0 Å². The fraction of sp³-hybridized carbons (Fsp3) is 0.727. The van der Waals surface area contributed by atoms with E-state index in [0.717, 1.165) is 18.4 Å². The molecular formula is C11H20IN2O4P. The molecule has 0 saturated carbocycles. The summed E-state index contributed by atoms with van der Waals surface area (Å²) in [5.74, 6) is 0. The van der Waals surface area contributed by atoms with Crippen molar-refractivity contribution < 1.29 is 18.9 Å². The van der Waals surface area contributed by atoms with Crippen molar-refractivity contribution in [1.82, 2.24) is 9.78 Å². The fourth-order valence-electron chi connectivity index (χ4n) is 1.69. The molecule has 0 atom stereocenters. The first kappa shape index (κ1) is 17.1. The van der Waals surface area contributed by atoms with Gasteiger partial charge in [0.15, 0.2) is 6.73 Å². The zero-order valence-corrected chi connectivity index (χ0v) is 13.8. The molecule has 0 unspecified atom stereocenters. The lowest BCUT2D eigenvalue weighted by Gasteiger charge is -2.04. The van der Waals surface area contributed by atoms with Gasteiger partial charge in [-0.1, -0.05) is 41.9 Å². The van der Waals surface area contributed by atoms with E-state index in [0.29, 0.717) is 0 Å². The number of hydrogen-bond donors (Lipinski definition) is 2. The van der Waals surface area contributed by atoms with Crippen LogP contribution in [0.5, 0.6) is 0 Å². The SMILES string of the molecule is O=P(O)(O)OCn1cc(CCCCCCCI)cn1. The summed E-state index contributed by atoms with van der Waals surface area (Å²) in [5, 5.41) is 3.99. The van der Waals surface area contributed by atoms with Crippen molar-refractivity contribution in [2.45, 2.75) is 45.3 Å². The minimum Gasteiger partial charge on any atom is -0.303 e. The first-order valence-corrected chi connectivity index (χ1v) is 9.34. The highest BCUT2D eigenvalue weighted by Crippen LogP contribution is 2.35. The van der Waals surface area contributed by atoms with Gasteiger partial charge in [0.25, 0.3) is 0 Å². The Morgan fingerprint density at radius 1 is 1.26 bits per heavy atom. The Balaban J connectivity index is 2.18. The maximum absolute atomic E-state index is 10.5. The van der Waals surface area contributed by atoms with Gasteiger partial charge in [-0.3, -0.25) is 4.52 Å². The first-order valence-electron chi connectivity index (χ1n) is 6.28. The molecule has 0 radical (unpaired) electrons. The van der Waals surface area contributed by atoms with E-state index in [4.69, 9.17) is 9.79 Å². The molecule has 19 heavy (non-hydrogen) atoms. The Kier molecular flexibility index (Phi) is 8.17. The van der Waals surface area contributed by atoms with E-state index >= 15 is 0 Å². The monoisotopic (exact) mass is 402 g/mol. The lowest BCUT2D eigenvalue weighted by Crippen LogP contribution is -2.01. The highest BCUT2D eigenvalue weighted by atomic mass is 127. The van der Waals surface area contributed by atoms with Crippen molar-refractivity contribution >= 4 is 30.4 Å². The van der Waals surface area contributed by atoms with Crippen LogP contribution in [-0.2, 0) is 22.2 Å². The number of aryl methyl sites for hydroxylation is 1. The van der Waals surface area contributed by atoms with Crippen LogP contribution in [-0.4, -0.2) is 24.0 Å². The van der Waals surface area contributed by atoms with Gasteiger partial charge in [0.05, 0.1) is 6.20 Å². The maximum atomic E-state index is 10.5. The molecule has 0 saturated heterocycles. The van der Waals surface area contributed by atoms with Gasteiger partial charge in [0.2, 0.25) is 0 Å². The normalized spacial score (nSPS) is 11.9. The molecule has 1 rings (SSSR count). The lowest BCUT2D eigenvalue weighted by molar-refractivity contribution is 0.145. The van der Waals surface area contributed by atoms with Crippen LogP contribution in [0, 0.1) is 0 Å². The smallest absolute Gasteiger partial charge is 0.303 e. The van der Waals surface area contributed by atoms with Crippen LogP contribution in [0.25, 0.3) is 0 Å². The Labute approximate surface area is 126 Å². The number of unbranched alkanes of at least 4 members (excludes halogenated alkanes) is 4. The van der Waals surface area contributed by atoms with E-state index in [9.17, 15) is 4.57 Å². The van der Waals surface area contributed by atoms with Gasteiger partial charge in [-0.05, 0) is 29.3 Å². The molecule has 0 aliphatic rings. The highest BCUT2D eigenvalue weighted by Gasteiger charge is 2.13. The molecular weight excluding hydrogens is 382 g/mol. The van der Waals surface area contributed by atoms with Crippen molar-refractivity contribution in [3.8, 4) is 0 Å². The Hall–Kier alpha value is 0.0500. The van der Waals surface area contributed by atoms with E-state index in [1.165, 1.54) is 34.8 Å². The van der Waals surface area contributed by atoms with Crippen LogP contribution in [0.3, 0.4) is 0 Å². The van der Waals surface area contributed by atoms with E-state index in [-0.39, 0.29) is 6.73 Å². The van der Waals surface area contributed by atoms with Crippen molar-refractivity contribution in [3.63, 3.8) is 0 Å². The van der Waals surface area contributed by atoms with Gasteiger partial charge in [-0.25, -0.2) is 9.25 Å². The summed E-state index contributed by atoms with van der Waals surface area (Å²) in [4.78, 5) is 17.2. The van der Waals surface area contributed by atoms with E-state index in [2.05, 4.69) is 32.2 Å². The number of hydrogen-bond acceptors (Lipinski definition) is 3. The molecule has 0 aromatic carbocycles. The van der Waals surface area contributed by atoms with Crippen LogP contribution in [0.2, 0.25) is 0 Å². The van der Waals surface area contributed by atoms with Crippen LogP contribution in [0.1, 0.15) is 37.7 Å². The average molecular weight is 402 g/mol. The number of rotatable bonds is 10.